The molecule has 0 saturated heterocycles. The van der Waals surface area contributed by atoms with Crippen LogP contribution in [0, 0.1) is 0 Å². The molecule has 7 heteroatoms. The van der Waals surface area contributed by atoms with Crippen molar-refractivity contribution in [3.63, 3.8) is 0 Å². The first-order valence-electron chi connectivity index (χ1n) is 6.94. The zero-order valence-corrected chi connectivity index (χ0v) is 11.5. The molecule has 0 fully saturated rings. The van der Waals surface area contributed by atoms with Gasteiger partial charge in [-0.3, -0.25) is 0 Å². The minimum Gasteiger partial charge on any atom is -0.450 e. The van der Waals surface area contributed by atoms with E-state index in [1.165, 1.54) is 32.0 Å². The number of ether oxygens (including phenoxy) is 1. The first kappa shape index (κ1) is 15.4. The maximum atomic E-state index is 11.3. The molecule has 108 valence electrons. The van der Waals surface area contributed by atoms with Gasteiger partial charge in [-0.2, -0.15) is 0 Å². The van der Waals surface area contributed by atoms with Gasteiger partial charge < -0.3 is 10.1 Å². The Hall–Kier alpha value is -1.66. The van der Waals surface area contributed by atoms with Crippen molar-refractivity contribution in [2.24, 2.45) is 0 Å². The van der Waals surface area contributed by atoms with Crippen molar-refractivity contribution < 1.29 is 9.53 Å². The number of carbonyl (C=O) groups excluding carboxylic acids is 1. The van der Waals surface area contributed by atoms with Crippen LogP contribution in [0.25, 0.3) is 0 Å². The van der Waals surface area contributed by atoms with Gasteiger partial charge >= 0.3 is 6.09 Å². The summed E-state index contributed by atoms with van der Waals surface area (Å²) in [5, 5.41) is 13.3. The molecule has 1 amide bonds. The summed E-state index contributed by atoms with van der Waals surface area (Å²) >= 11 is 0. The molecule has 0 radical (unpaired) electrons. The number of nitrogens with zero attached hydrogens (tertiary/aromatic N) is 4. The van der Waals surface area contributed by atoms with Crippen molar-refractivity contribution >= 4 is 6.09 Å². The molecule has 0 spiro atoms. The maximum Gasteiger partial charge on any atom is 0.407 e. The molecule has 1 aromatic heterocycles. The molecular weight excluding hydrogens is 246 g/mol. The zero-order valence-electron chi connectivity index (χ0n) is 11.5. The maximum absolute atomic E-state index is 11.3. The van der Waals surface area contributed by atoms with Crippen molar-refractivity contribution in [3.8, 4) is 0 Å². The number of tetrazole rings is 1. The molecule has 1 aromatic rings. The van der Waals surface area contributed by atoms with E-state index in [0.717, 1.165) is 12.8 Å². The third-order valence-electron chi connectivity index (χ3n) is 2.73. The van der Waals surface area contributed by atoms with Crippen LogP contribution in [0.2, 0.25) is 0 Å². The Balaban J connectivity index is 1.88. The first-order chi connectivity index (χ1) is 9.33. The second kappa shape index (κ2) is 10.3. The van der Waals surface area contributed by atoms with Crippen LogP contribution < -0.4 is 5.32 Å². The molecule has 0 atom stereocenters. The first-order valence-corrected chi connectivity index (χ1v) is 6.94. The Morgan fingerprint density at radius 3 is 2.79 bits per heavy atom. The van der Waals surface area contributed by atoms with Gasteiger partial charge in [0, 0.05) is 6.54 Å². The van der Waals surface area contributed by atoms with E-state index in [1.54, 1.807) is 4.68 Å². The van der Waals surface area contributed by atoms with Gasteiger partial charge in [0.1, 0.15) is 6.33 Å². The third kappa shape index (κ3) is 8.12. The Bertz CT molecular complexity index is 329. The van der Waals surface area contributed by atoms with Crippen molar-refractivity contribution in [2.75, 3.05) is 13.2 Å². The lowest BCUT2D eigenvalue weighted by molar-refractivity contribution is 0.143. The lowest BCUT2D eigenvalue weighted by atomic mass is 10.1. The fourth-order valence-electron chi connectivity index (χ4n) is 1.65. The van der Waals surface area contributed by atoms with Crippen LogP contribution >= 0.6 is 0 Å². The lowest BCUT2D eigenvalue weighted by Gasteiger charge is -2.06. The van der Waals surface area contributed by atoms with Gasteiger partial charge in [0.15, 0.2) is 0 Å². The molecule has 0 bridgehead atoms. The van der Waals surface area contributed by atoms with E-state index in [0.29, 0.717) is 19.7 Å². The highest BCUT2D eigenvalue weighted by Crippen LogP contribution is 2.04. The Morgan fingerprint density at radius 2 is 2.05 bits per heavy atom. The van der Waals surface area contributed by atoms with Gasteiger partial charge in [-0.05, 0) is 16.8 Å². The molecule has 0 aliphatic carbocycles. The average molecular weight is 269 g/mol. The summed E-state index contributed by atoms with van der Waals surface area (Å²) in [6.07, 6.45) is 8.22. The van der Waals surface area contributed by atoms with Gasteiger partial charge in [-0.15, -0.1) is 5.10 Å². The summed E-state index contributed by atoms with van der Waals surface area (Å²) in [5.41, 5.74) is 0. The van der Waals surface area contributed by atoms with E-state index in [-0.39, 0.29) is 6.09 Å². The number of hydrogen-bond acceptors (Lipinski definition) is 5. The average Bonchev–Trinajstić information content (AvgIpc) is 2.91. The highest BCUT2D eigenvalue weighted by Gasteiger charge is 2.01. The summed E-state index contributed by atoms with van der Waals surface area (Å²) < 4.78 is 6.61. The standard InChI is InChI=1S/C12H23N5O2/c1-2-3-4-5-6-7-10-19-12(18)13-8-9-17-11-14-15-16-17/h11H,2-10H2,1H3,(H,13,18). The highest BCUT2D eigenvalue weighted by atomic mass is 16.5. The van der Waals surface area contributed by atoms with Crippen molar-refractivity contribution in [2.45, 2.75) is 52.0 Å². The Labute approximate surface area is 113 Å². The topological polar surface area (TPSA) is 81.9 Å². The minimum atomic E-state index is -0.373. The fraction of sp³-hybridized carbons (Fsp3) is 0.833. The summed E-state index contributed by atoms with van der Waals surface area (Å²) in [6.45, 7) is 3.69. The minimum absolute atomic E-state index is 0.373. The monoisotopic (exact) mass is 269 g/mol. The SMILES string of the molecule is CCCCCCCCOC(=O)NCCn1cnnn1. The summed E-state index contributed by atoms with van der Waals surface area (Å²) in [7, 11) is 0. The second-order valence-corrected chi connectivity index (χ2v) is 4.40. The van der Waals surface area contributed by atoms with E-state index in [9.17, 15) is 4.79 Å². The predicted molar refractivity (Wildman–Crippen MR) is 70.5 cm³/mol. The van der Waals surface area contributed by atoms with Gasteiger partial charge in [0.05, 0.1) is 13.2 Å². The Kier molecular flexibility index (Phi) is 8.33. The molecule has 1 rings (SSSR count). The third-order valence-corrected chi connectivity index (χ3v) is 2.73. The number of nitrogens with one attached hydrogen (secondary N) is 1. The van der Waals surface area contributed by atoms with E-state index >= 15 is 0 Å². The Morgan fingerprint density at radius 1 is 1.26 bits per heavy atom. The lowest BCUT2D eigenvalue weighted by Crippen LogP contribution is -2.28. The molecule has 0 unspecified atom stereocenters. The molecule has 0 aliphatic rings. The molecular formula is C12H23N5O2. The highest BCUT2D eigenvalue weighted by molar-refractivity contribution is 5.66. The van der Waals surface area contributed by atoms with Gasteiger partial charge in [0.25, 0.3) is 0 Å². The number of unbranched alkanes of at least 4 members (excludes halogenated alkanes) is 5. The summed E-state index contributed by atoms with van der Waals surface area (Å²) in [4.78, 5) is 11.3. The molecule has 1 heterocycles. The number of rotatable bonds is 10. The van der Waals surface area contributed by atoms with Crippen LogP contribution in [0.15, 0.2) is 6.33 Å². The number of hydrogen-bond donors (Lipinski definition) is 1. The van der Waals surface area contributed by atoms with Gasteiger partial charge in [-0.1, -0.05) is 39.0 Å². The van der Waals surface area contributed by atoms with Crippen molar-refractivity contribution in [1.29, 1.82) is 0 Å². The van der Waals surface area contributed by atoms with Crippen LogP contribution in [0.5, 0.6) is 0 Å². The molecule has 19 heavy (non-hydrogen) atoms. The van der Waals surface area contributed by atoms with Crippen LogP contribution in [0.1, 0.15) is 45.4 Å². The second-order valence-electron chi connectivity index (χ2n) is 4.40. The van der Waals surface area contributed by atoms with Gasteiger partial charge in [0.2, 0.25) is 0 Å². The summed E-state index contributed by atoms with van der Waals surface area (Å²) in [5.74, 6) is 0. The van der Waals surface area contributed by atoms with Crippen LogP contribution in [-0.4, -0.2) is 39.5 Å². The van der Waals surface area contributed by atoms with E-state index in [2.05, 4.69) is 27.8 Å². The van der Waals surface area contributed by atoms with Gasteiger partial charge in [-0.25, -0.2) is 9.48 Å². The molecule has 7 nitrogen and oxygen atoms in total. The molecule has 1 N–H and O–H groups in total. The smallest absolute Gasteiger partial charge is 0.407 e. The van der Waals surface area contributed by atoms with E-state index in [1.807, 2.05) is 0 Å². The number of alkyl carbamates (subject to hydrolysis) is 1. The van der Waals surface area contributed by atoms with Crippen molar-refractivity contribution in [1.82, 2.24) is 25.5 Å². The van der Waals surface area contributed by atoms with E-state index < -0.39 is 0 Å². The number of amides is 1. The number of carbonyl (C=O) groups is 1. The largest absolute Gasteiger partial charge is 0.450 e. The normalized spacial score (nSPS) is 10.4. The van der Waals surface area contributed by atoms with E-state index in [4.69, 9.17) is 4.74 Å². The summed E-state index contributed by atoms with van der Waals surface area (Å²) in [6, 6.07) is 0. The van der Waals surface area contributed by atoms with Crippen molar-refractivity contribution in [3.05, 3.63) is 6.33 Å². The van der Waals surface area contributed by atoms with Crippen LogP contribution in [0.3, 0.4) is 0 Å². The number of aromatic nitrogens is 4. The zero-order chi connectivity index (χ0) is 13.8. The molecule has 0 aliphatic heterocycles. The molecule has 0 aromatic carbocycles. The van der Waals surface area contributed by atoms with Crippen LogP contribution in [-0.2, 0) is 11.3 Å². The predicted octanol–water partition coefficient (Wildman–Crippen LogP) is 1.76. The quantitative estimate of drug-likeness (QED) is 0.654. The van der Waals surface area contributed by atoms with Crippen LogP contribution in [0.4, 0.5) is 4.79 Å². The molecule has 0 saturated carbocycles. The fourth-order valence-corrected chi connectivity index (χ4v) is 1.65.